The van der Waals surface area contributed by atoms with Gasteiger partial charge in [0.15, 0.2) is 0 Å². The Morgan fingerprint density at radius 2 is 0.636 bits per heavy atom. The zero-order valence-corrected chi connectivity index (χ0v) is 36.5. The van der Waals surface area contributed by atoms with Gasteiger partial charge in [0, 0.05) is 0 Å². The minimum atomic E-state index is -2.05. The summed E-state index contributed by atoms with van der Waals surface area (Å²) in [5.41, 5.74) is 2.28. The van der Waals surface area contributed by atoms with Gasteiger partial charge in [-0.2, -0.15) is 0 Å². The average molecular weight is 941 g/mol. The van der Waals surface area contributed by atoms with E-state index in [9.17, 15) is 62.3 Å². The molecule has 0 saturated heterocycles. The number of hydrogen-bond donors (Lipinski definition) is 8. The quantitative estimate of drug-likeness (QED) is 0.0142. The molecule has 7 amide bonds. The summed E-state index contributed by atoms with van der Waals surface area (Å²) in [5, 5.41) is 12.7. The number of benzene rings is 1. The van der Waals surface area contributed by atoms with E-state index in [1.165, 1.54) is 0 Å². The van der Waals surface area contributed by atoms with Crippen molar-refractivity contribution in [1.82, 2.24) is 37.3 Å². The first kappa shape index (κ1) is 56.1. The van der Waals surface area contributed by atoms with Gasteiger partial charge in [-0.1, -0.05) is 30.3 Å². The van der Waals surface area contributed by atoms with Gasteiger partial charge in [-0.3, -0.25) is 63.0 Å². The molecule has 0 aliphatic carbocycles. The number of hydrogen-bond acceptors (Lipinski definition) is 21. The molecule has 28 nitrogen and oxygen atoms in total. The van der Waals surface area contributed by atoms with Gasteiger partial charge >= 0.3 is 41.9 Å². The summed E-state index contributed by atoms with van der Waals surface area (Å²) >= 11 is 0. The molecule has 0 aromatic heterocycles. The molecule has 28 heteroatoms. The molecule has 1 rings (SSSR count). The normalized spacial score (nSPS) is 13.0. The minimum absolute atomic E-state index is 0.254. The third kappa shape index (κ3) is 20.5. The van der Waals surface area contributed by atoms with Crippen molar-refractivity contribution < 1.29 is 95.5 Å². The van der Waals surface area contributed by atoms with Crippen molar-refractivity contribution in [3.63, 3.8) is 0 Å². The number of nitrogens with one attached hydrogen (secondary N) is 7. The molecular formula is C38H52N8O20. The van der Waals surface area contributed by atoms with Crippen LogP contribution < -0.4 is 43.2 Å². The highest BCUT2D eigenvalue weighted by molar-refractivity contribution is 6.00. The molecule has 66 heavy (non-hydrogen) atoms. The smallest absolute Gasteiger partial charge is 0.408 e. The molecule has 0 heterocycles. The minimum Gasteiger partial charge on any atom is -0.469 e. The van der Waals surface area contributed by atoms with Gasteiger partial charge in [0.05, 0.1) is 81.2 Å². The number of amides is 7. The summed E-state index contributed by atoms with van der Waals surface area (Å²) in [6.07, 6.45) is -6.64. The second kappa shape index (κ2) is 29.5. The Kier molecular flexibility index (Phi) is 25.0. The average Bonchev–Trinajstić information content (AvgIpc) is 3.31. The molecule has 0 radical (unpaired) electrons. The van der Waals surface area contributed by atoms with Gasteiger partial charge in [0.25, 0.3) is 5.91 Å². The number of hydrazine groups is 1. The third-order valence-corrected chi connectivity index (χ3v) is 8.72. The number of carbonyl (C=O) groups excluding carboxylic acids is 13. The molecule has 9 N–H and O–H groups in total. The first-order chi connectivity index (χ1) is 31.2. The molecule has 0 spiro atoms. The van der Waals surface area contributed by atoms with Crippen molar-refractivity contribution in [3.05, 3.63) is 35.9 Å². The van der Waals surface area contributed by atoms with Crippen LogP contribution in [0.2, 0.25) is 0 Å². The lowest BCUT2D eigenvalue weighted by atomic mass is 10.1. The zero-order valence-electron chi connectivity index (χ0n) is 36.5. The maximum absolute atomic E-state index is 13.8. The number of carbonyl (C=O) groups is 13. The molecule has 1 aromatic rings. The monoisotopic (exact) mass is 940 g/mol. The second-order valence-corrected chi connectivity index (χ2v) is 13.3. The zero-order chi connectivity index (χ0) is 49.9. The summed E-state index contributed by atoms with van der Waals surface area (Å²) in [6.45, 7) is -0.254. The number of nitrogens with two attached hydrogens (primary N) is 1. The SMILES string of the molecule is COC(=O)C[C@H](NC(=O)OCc1ccccc1)C(=O)N[C@H](CC(=O)OC)C(=O)N[C@H](CC(=O)OC)C(=O)N[C@H](CC(=O)OC)C(=O)N[C@@H](CC(=O)OC)C(=O)N[C@H](CC(=O)OC)C(=O)NN. The van der Waals surface area contributed by atoms with E-state index < -0.39 is 152 Å². The van der Waals surface area contributed by atoms with Crippen LogP contribution in [0.25, 0.3) is 0 Å². The van der Waals surface area contributed by atoms with Crippen molar-refractivity contribution in [1.29, 1.82) is 0 Å². The Morgan fingerprint density at radius 3 is 0.879 bits per heavy atom. The number of alkyl carbamates (subject to hydrolysis) is 1. The Bertz CT molecular complexity index is 1930. The van der Waals surface area contributed by atoms with Crippen LogP contribution in [0.15, 0.2) is 30.3 Å². The fourth-order valence-corrected chi connectivity index (χ4v) is 5.12. The van der Waals surface area contributed by atoms with Crippen LogP contribution >= 0.6 is 0 Å². The number of rotatable bonds is 26. The third-order valence-electron chi connectivity index (χ3n) is 8.72. The highest BCUT2D eigenvalue weighted by atomic mass is 16.6. The first-order valence-corrected chi connectivity index (χ1v) is 19.2. The van der Waals surface area contributed by atoms with Crippen molar-refractivity contribution in [2.45, 2.75) is 81.4 Å². The van der Waals surface area contributed by atoms with Crippen LogP contribution in [0.1, 0.15) is 44.1 Å². The molecule has 1 aromatic carbocycles. The van der Waals surface area contributed by atoms with Gasteiger partial charge in [-0.25, -0.2) is 10.6 Å². The van der Waals surface area contributed by atoms with Crippen molar-refractivity contribution >= 4 is 77.4 Å². The van der Waals surface area contributed by atoms with Gasteiger partial charge in [-0.15, -0.1) is 0 Å². The van der Waals surface area contributed by atoms with E-state index in [0.29, 0.717) is 5.56 Å². The largest absolute Gasteiger partial charge is 0.469 e. The topological polar surface area (TPSA) is 397 Å². The second-order valence-electron chi connectivity index (χ2n) is 13.3. The van der Waals surface area contributed by atoms with Crippen LogP contribution in [0, 0.1) is 0 Å². The van der Waals surface area contributed by atoms with Gasteiger partial charge in [0.2, 0.25) is 29.5 Å². The van der Waals surface area contributed by atoms with E-state index in [0.717, 1.165) is 42.7 Å². The van der Waals surface area contributed by atoms with E-state index in [4.69, 9.17) is 10.6 Å². The summed E-state index contributed by atoms with van der Waals surface area (Å²) in [5.74, 6) is -9.12. The van der Waals surface area contributed by atoms with Crippen molar-refractivity contribution in [2.24, 2.45) is 5.84 Å². The lowest BCUT2D eigenvalue weighted by Crippen LogP contribution is -2.60. The Morgan fingerprint density at radius 1 is 0.394 bits per heavy atom. The Labute approximate surface area is 375 Å². The molecular weight excluding hydrogens is 888 g/mol. The van der Waals surface area contributed by atoms with Crippen LogP contribution in [0.5, 0.6) is 0 Å². The summed E-state index contributed by atoms with van der Waals surface area (Å²) in [4.78, 5) is 167. The molecule has 0 saturated carbocycles. The van der Waals surface area contributed by atoms with Crippen LogP contribution in [-0.2, 0) is 97.3 Å². The van der Waals surface area contributed by atoms with Crippen LogP contribution in [-0.4, -0.2) is 156 Å². The molecule has 364 valence electrons. The summed E-state index contributed by atoms with van der Waals surface area (Å²) < 4.78 is 32.6. The molecule has 0 aliphatic heterocycles. The van der Waals surface area contributed by atoms with E-state index >= 15 is 0 Å². The lowest BCUT2D eigenvalue weighted by molar-refractivity contribution is -0.147. The molecule has 0 aliphatic rings. The number of methoxy groups -OCH3 is 6. The summed E-state index contributed by atoms with van der Waals surface area (Å²) in [7, 11) is 5.64. The maximum atomic E-state index is 13.8. The predicted octanol–water partition coefficient (Wildman–Crippen LogP) is -4.93. The highest BCUT2D eigenvalue weighted by Gasteiger charge is 2.37. The first-order valence-electron chi connectivity index (χ1n) is 19.2. The standard InChI is InChI=1S/C38H52N8O20/c1-60-26(47)12-20(41-34(55)22(14-28(49)62-3)43-36(57)24(16-30(51)64-5)45-38(59)66-18-19-10-8-7-9-11-19)32(53)40-21(13-27(48)61-2)33(54)42-23(15-29(50)63-4)35(56)44-25(37(58)46-39)17-31(52)65-6/h7-11,20-25H,12-18,39H2,1-6H3,(H,40,53)(H,41,55)(H,42,54)(H,43,57)(H,44,56)(H,45,59)(H,46,58)/t20-,21-,22-,23+,24+,25-/m1/s1. The van der Waals surface area contributed by atoms with Gasteiger partial charge < -0.3 is 65.1 Å². The summed E-state index contributed by atoms with van der Waals surface area (Å²) in [6, 6.07) is -3.17. The van der Waals surface area contributed by atoms with E-state index in [2.05, 4.69) is 60.3 Å². The number of esters is 6. The fraction of sp³-hybridized carbons (Fsp3) is 0.500. The Hall–Kier alpha value is -7.91. The predicted molar refractivity (Wildman–Crippen MR) is 215 cm³/mol. The van der Waals surface area contributed by atoms with E-state index in [-0.39, 0.29) is 6.61 Å². The molecule has 0 unspecified atom stereocenters. The molecule has 6 atom stereocenters. The van der Waals surface area contributed by atoms with Crippen molar-refractivity contribution in [2.75, 3.05) is 42.7 Å². The maximum Gasteiger partial charge on any atom is 0.408 e. The van der Waals surface area contributed by atoms with Gasteiger partial charge in [-0.05, 0) is 5.56 Å². The van der Waals surface area contributed by atoms with E-state index in [1.807, 2.05) is 0 Å². The molecule has 0 bridgehead atoms. The van der Waals surface area contributed by atoms with Crippen LogP contribution in [0.4, 0.5) is 4.79 Å². The van der Waals surface area contributed by atoms with E-state index in [1.54, 1.807) is 35.8 Å². The lowest BCUT2D eigenvalue weighted by Gasteiger charge is -2.26. The highest BCUT2D eigenvalue weighted by Crippen LogP contribution is 2.08. The van der Waals surface area contributed by atoms with Gasteiger partial charge in [0.1, 0.15) is 42.9 Å². The molecule has 0 fully saturated rings. The van der Waals surface area contributed by atoms with Crippen molar-refractivity contribution in [3.8, 4) is 0 Å². The number of ether oxygens (including phenoxy) is 7. The fourth-order valence-electron chi connectivity index (χ4n) is 5.12. The van der Waals surface area contributed by atoms with Crippen LogP contribution in [0.3, 0.4) is 0 Å². The Balaban J connectivity index is 3.51.